The van der Waals surface area contributed by atoms with Gasteiger partial charge in [0.1, 0.15) is 11.2 Å². The predicted octanol–water partition coefficient (Wildman–Crippen LogP) is 5.77. The molecule has 0 aliphatic carbocycles. The van der Waals surface area contributed by atoms with Crippen LogP contribution in [0.3, 0.4) is 0 Å². The van der Waals surface area contributed by atoms with Gasteiger partial charge < -0.3 is 9.52 Å². The lowest BCUT2D eigenvalue weighted by molar-refractivity contribution is -0.136. The average molecular weight is 478 g/mol. The Hall–Kier alpha value is -4.45. The molecule has 0 unspecified atom stereocenters. The summed E-state index contributed by atoms with van der Waals surface area (Å²) in [7, 11) is 0. The Kier molecular flexibility index (Phi) is 4.61. The Morgan fingerprint density at radius 2 is 1.39 bits per heavy atom. The van der Waals surface area contributed by atoms with E-state index in [1.54, 1.807) is 42.5 Å². The summed E-state index contributed by atoms with van der Waals surface area (Å²) in [6.07, 6.45) is -0.131. The average Bonchev–Trinajstić information content (AvgIpc) is 2.83. The number of fused-ring (bicyclic) bond motifs is 2. The number of benzene rings is 4. The van der Waals surface area contributed by atoms with Gasteiger partial charge in [-0.1, -0.05) is 45.0 Å². The molecule has 4 aromatic carbocycles. The minimum Gasteiger partial charge on any atom is -0.481 e. The van der Waals surface area contributed by atoms with Crippen molar-refractivity contribution in [1.29, 1.82) is 0 Å². The van der Waals surface area contributed by atoms with Crippen LogP contribution in [0.15, 0.2) is 80.7 Å². The number of pyridine rings is 1. The van der Waals surface area contributed by atoms with Crippen molar-refractivity contribution in [2.75, 3.05) is 0 Å². The molecule has 36 heavy (non-hydrogen) atoms. The van der Waals surface area contributed by atoms with E-state index in [0.717, 1.165) is 26.3 Å². The number of rotatable bonds is 3. The normalized spacial score (nSPS) is 12.3. The van der Waals surface area contributed by atoms with Crippen molar-refractivity contribution in [2.24, 2.45) is 0 Å². The maximum atomic E-state index is 13.6. The zero-order valence-corrected chi connectivity index (χ0v) is 20.1. The Morgan fingerprint density at radius 1 is 0.778 bits per heavy atom. The van der Waals surface area contributed by atoms with Crippen LogP contribution in [0.25, 0.3) is 49.2 Å². The lowest BCUT2D eigenvalue weighted by Gasteiger charge is -2.20. The van der Waals surface area contributed by atoms with E-state index in [1.807, 2.05) is 12.1 Å². The Bertz CT molecular complexity index is 1920. The number of carboxylic acid groups (broad SMARTS) is 1. The second-order valence-electron chi connectivity index (χ2n) is 10.3. The summed E-state index contributed by atoms with van der Waals surface area (Å²) >= 11 is 0. The summed E-state index contributed by atoms with van der Waals surface area (Å²) < 4.78 is 7.39. The molecule has 6 nitrogen and oxygen atoms in total. The van der Waals surface area contributed by atoms with Gasteiger partial charge in [0.05, 0.1) is 12.1 Å². The van der Waals surface area contributed by atoms with Crippen LogP contribution in [-0.4, -0.2) is 15.6 Å². The first-order valence-corrected chi connectivity index (χ1v) is 11.8. The van der Waals surface area contributed by atoms with Gasteiger partial charge in [0.15, 0.2) is 0 Å². The maximum absolute atomic E-state index is 13.6. The van der Waals surface area contributed by atoms with Gasteiger partial charge in [-0.15, -0.1) is 0 Å². The van der Waals surface area contributed by atoms with Crippen molar-refractivity contribution in [3.63, 3.8) is 0 Å². The van der Waals surface area contributed by atoms with Gasteiger partial charge in [-0.3, -0.25) is 14.4 Å². The number of aromatic nitrogens is 1. The van der Waals surface area contributed by atoms with Crippen LogP contribution in [0.2, 0.25) is 0 Å². The van der Waals surface area contributed by atoms with E-state index >= 15 is 0 Å². The second-order valence-corrected chi connectivity index (χ2v) is 10.3. The largest absolute Gasteiger partial charge is 0.481 e. The highest BCUT2D eigenvalue weighted by atomic mass is 16.4. The van der Waals surface area contributed by atoms with Crippen LogP contribution >= 0.6 is 0 Å². The first-order chi connectivity index (χ1) is 17.1. The molecule has 6 rings (SSSR count). The number of hydrogen-bond acceptors (Lipinski definition) is 4. The summed E-state index contributed by atoms with van der Waals surface area (Å²) in [6.45, 7) is 6.46. The molecule has 0 saturated carbocycles. The molecule has 0 fully saturated rings. The molecule has 0 saturated heterocycles. The third-order valence-electron chi connectivity index (χ3n) is 6.90. The van der Waals surface area contributed by atoms with Crippen LogP contribution in [-0.2, 0) is 16.6 Å². The zero-order valence-electron chi connectivity index (χ0n) is 20.1. The molecular formula is C30H23NO5. The Balaban J connectivity index is 1.67. The molecular weight excluding hydrogens is 454 g/mol. The molecule has 0 bridgehead atoms. The van der Waals surface area contributed by atoms with Gasteiger partial charge in [-0.05, 0) is 64.4 Å². The van der Waals surface area contributed by atoms with Crippen LogP contribution < -0.4 is 11.1 Å². The highest BCUT2D eigenvalue weighted by Crippen LogP contribution is 2.38. The molecule has 0 radical (unpaired) electrons. The van der Waals surface area contributed by atoms with E-state index in [4.69, 9.17) is 9.52 Å². The fraction of sp³-hybridized carbons (Fsp3) is 0.167. The molecule has 0 aliphatic heterocycles. The van der Waals surface area contributed by atoms with Crippen LogP contribution in [0.4, 0.5) is 0 Å². The molecule has 0 spiro atoms. The third-order valence-corrected chi connectivity index (χ3v) is 6.90. The van der Waals surface area contributed by atoms with Gasteiger partial charge in [0, 0.05) is 26.9 Å². The second kappa shape index (κ2) is 7.52. The Labute approximate surface area is 205 Å². The van der Waals surface area contributed by atoms with E-state index in [1.165, 1.54) is 5.56 Å². The van der Waals surface area contributed by atoms with Gasteiger partial charge in [-0.2, -0.15) is 0 Å². The smallest absolute Gasteiger partial charge is 0.307 e. The summed E-state index contributed by atoms with van der Waals surface area (Å²) in [5, 5.41) is 13.1. The molecule has 0 aliphatic rings. The van der Waals surface area contributed by atoms with Crippen molar-refractivity contribution in [2.45, 2.75) is 32.6 Å². The van der Waals surface area contributed by atoms with Crippen LogP contribution in [0.5, 0.6) is 0 Å². The molecule has 0 atom stereocenters. The van der Waals surface area contributed by atoms with Crippen molar-refractivity contribution < 1.29 is 14.3 Å². The molecule has 6 aromatic rings. The first-order valence-electron chi connectivity index (χ1n) is 11.8. The van der Waals surface area contributed by atoms with Gasteiger partial charge >= 0.3 is 5.97 Å². The van der Waals surface area contributed by atoms with E-state index < -0.39 is 17.1 Å². The van der Waals surface area contributed by atoms with Crippen LogP contribution in [0.1, 0.15) is 31.9 Å². The maximum Gasteiger partial charge on any atom is 0.307 e. The van der Waals surface area contributed by atoms with E-state index in [2.05, 4.69) is 32.9 Å². The minimum absolute atomic E-state index is 0.0475. The van der Waals surface area contributed by atoms with Crippen molar-refractivity contribution in [3.8, 4) is 5.69 Å². The summed E-state index contributed by atoms with van der Waals surface area (Å²) in [5.74, 6) is -0.944. The van der Waals surface area contributed by atoms with E-state index in [-0.39, 0.29) is 11.8 Å². The number of nitrogens with zero attached hydrogens (tertiary/aromatic N) is 1. The van der Waals surface area contributed by atoms with Gasteiger partial charge in [0.2, 0.25) is 0 Å². The lowest BCUT2D eigenvalue weighted by Crippen LogP contribution is -2.31. The van der Waals surface area contributed by atoms with Crippen molar-refractivity contribution in [3.05, 3.63) is 98.6 Å². The summed E-state index contributed by atoms with van der Waals surface area (Å²) in [6, 6.07) is 19.8. The quantitative estimate of drug-likeness (QED) is 0.258. The molecule has 6 heteroatoms. The summed E-state index contributed by atoms with van der Waals surface area (Å²) in [5.41, 5.74) is 2.63. The zero-order chi connectivity index (χ0) is 25.4. The summed E-state index contributed by atoms with van der Waals surface area (Å²) in [4.78, 5) is 38.2. The van der Waals surface area contributed by atoms with E-state index in [0.29, 0.717) is 33.0 Å². The number of carboxylic acids is 1. The number of hydrogen-bond donors (Lipinski definition) is 1. The molecule has 2 heterocycles. The number of aliphatic carboxylic acids is 1. The molecule has 1 N–H and O–H groups in total. The standard InChI is InChI=1S/C30H23NO5/c1-30(2,3)17-6-12-23-22(15-17)19-9-10-20-26-21(11-13-24(36-23)27(19)26)29(35)31(28(20)34)18-7-4-16(5-8-18)14-25(32)33/h4-13,15H,14H2,1-3H3,(H,32,33). The van der Waals surface area contributed by atoms with Crippen molar-refractivity contribution in [1.82, 2.24) is 4.57 Å². The Morgan fingerprint density at radius 3 is 2.03 bits per heavy atom. The fourth-order valence-electron chi connectivity index (χ4n) is 5.05. The predicted molar refractivity (Wildman–Crippen MR) is 142 cm³/mol. The SMILES string of the molecule is CC(C)(C)c1ccc2oc3ccc4c(=O)n(-c5ccc(CC(=O)O)cc5)c(=O)c5ccc(c2c1)c3c45. The highest BCUT2D eigenvalue weighted by molar-refractivity contribution is 6.26. The first kappa shape index (κ1) is 22.0. The monoisotopic (exact) mass is 477 g/mol. The fourth-order valence-corrected chi connectivity index (χ4v) is 5.05. The third kappa shape index (κ3) is 3.22. The topological polar surface area (TPSA) is 89.5 Å². The van der Waals surface area contributed by atoms with Crippen molar-refractivity contribution >= 4 is 49.5 Å². The molecule has 2 aromatic heterocycles. The lowest BCUT2D eigenvalue weighted by atomic mass is 9.85. The van der Waals surface area contributed by atoms with E-state index in [9.17, 15) is 14.4 Å². The van der Waals surface area contributed by atoms with Crippen LogP contribution in [0, 0.1) is 0 Å². The van der Waals surface area contributed by atoms with Gasteiger partial charge in [-0.25, -0.2) is 4.57 Å². The molecule has 0 amide bonds. The van der Waals surface area contributed by atoms with Gasteiger partial charge in [0.25, 0.3) is 11.1 Å². The highest BCUT2D eigenvalue weighted by Gasteiger charge is 2.21. The number of carbonyl (C=O) groups is 1. The minimum atomic E-state index is -0.944. The molecule has 178 valence electrons.